The van der Waals surface area contributed by atoms with E-state index >= 15 is 0 Å². The molecule has 4 N–H and O–H groups in total. The van der Waals surface area contributed by atoms with Crippen molar-refractivity contribution in [1.29, 1.82) is 0 Å². The van der Waals surface area contributed by atoms with Crippen LogP contribution >= 0.6 is 0 Å². The molecular formula is C25H46O6. The van der Waals surface area contributed by atoms with Crippen molar-refractivity contribution < 1.29 is 29.9 Å². The molecule has 0 aromatic heterocycles. The van der Waals surface area contributed by atoms with Crippen LogP contribution in [0.15, 0.2) is 47.6 Å². The van der Waals surface area contributed by atoms with Crippen LogP contribution in [0.5, 0.6) is 0 Å². The number of allylic oxidation sites excluding steroid dienone is 5. The molecule has 182 valence electrons. The number of ether oxygens (including phenoxy) is 2. The van der Waals surface area contributed by atoms with Crippen molar-refractivity contribution in [2.75, 3.05) is 26.9 Å². The standard InChI is InChI=1S/C22H36O5.C2H6.CH4O/c1-6-18(8-7-17(3)26-15-20(25)13-23)22(4,5)19-9-11-21(12-10-19)27-14-16(2)24;2*1-2/h6-11,16-17,20-21,23-25H,12-15H2,1-5H3;1-2H3;2H,1H3/b8-7-,18-6+;;. The summed E-state index contributed by atoms with van der Waals surface area (Å²) in [7, 11) is 1.00. The fraction of sp³-hybridized carbons (Fsp3) is 0.680. The monoisotopic (exact) mass is 442 g/mol. The Hall–Kier alpha value is -1.28. The number of aliphatic hydroxyl groups is 4. The van der Waals surface area contributed by atoms with E-state index in [-0.39, 0.29) is 30.8 Å². The number of hydrogen-bond acceptors (Lipinski definition) is 6. The smallest absolute Gasteiger partial charge is 0.100 e. The molecule has 4 unspecified atom stereocenters. The largest absolute Gasteiger partial charge is 0.400 e. The zero-order valence-corrected chi connectivity index (χ0v) is 20.7. The average Bonchev–Trinajstić information content (AvgIpc) is 2.79. The van der Waals surface area contributed by atoms with Gasteiger partial charge in [-0.15, -0.1) is 0 Å². The summed E-state index contributed by atoms with van der Waals surface area (Å²) in [6.07, 6.45) is 11.8. The lowest BCUT2D eigenvalue weighted by molar-refractivity contribution is -0.00874. The van der Waals surface area contributed by atoms with Gasteiger partial charge >= 0.3 is 0 Å². The van der Waals surface area contributed by atoms with Gasteiger partial charge in [0.05, 0.1) is 38.1 Å². The van der Waals surface area contributed by atoms with E-state index in [0.29, 0.717) is 6.61 Å². The first kappa shape index (κ1) is 31.9. The topological polar surface area (TPSA) is 99.4 Å². The minimum atomic E-state index is -0.847. The van der Waals surface area contributed by atoms with Crippen molar-refractivity contribution in [2.45, 2.75) is 79.3 Å². The predicted octanol–water partition coefficient (Wildman–Crippen LogP) is 3.56. The molecule has 0 fully saturated rings. The summed E-state index contributed by atoms with van der Waals surface area (Å²) in [6, 6.07) is 0. The minimum Gasteiger partial charge on any atom is -0.400 e. The van der Waals surface area contributed by atoms with Gasteiger partial charge in [-0.25, -0.2) is 0 Å². The van der Waals surface area contributed by atoms with Gasteiger partial charge < -0.3 is 29.9 Å². The van der Waals surface area contributed by atoms with Crippen molar-refractivity contribution >= 4 is 0 Å². The lowest BCUT2D eigenvalue weighted by atomic mass is 9.75. The molecule has 0 aromatic rings. The van der Waals surface area contributed by atoms with Gasteiger partial charge in [-0.1, -0.05) is 64.2 Å². The van der Waals surface area contributed by atoms with Gasteiger partial charge in [-0.2, -0.15) is 0 Å². The normalized spacial score (nSPS) is 19.5. The summed E-state index contributed by atoms with van der Waals surface area (Å²) in [5.41, 5.74) is 2.22. The third kappa shape index (κ3) is 13.0. The maximum atomic E-state index is 9.37. The highest BCUT2D eigenvalue weighted by Crippen LogP contribution is 2.38. The molecule has 0 saturated carbocycles. The molecule has 1 aliphatic carbocycles. The van der Waals surface area contributed by atoms with Crippen LogP contribution in [-0.2, 0) is 9.47 Å². The van der Waals surface area contributed by atoms with Crippen LogP contribution in [0, 0.1) is 5.41 Å². The SMILES string of the molecule is C/C=C(\C=C/C(C)OCC(O)CO)C(C)(C)C1=CCC(OCC(C)O)C=C1.CC.CO. The predicted molar refractivity (Wildman–Crippen MR) is 128 cm³/mol. The van der Waals surface area contributed by atoms with E-state index in [2.05, 4.69) is 44.2 Å². The van der Waals surface area contributed by atoms with Gasteiger partial charge in [0, 0.05) is 12.5 Å². The second-order valence-corrected chi connectivity index (χ2v) is 7.58. The van der Waals surface area contributed by atoms with Crippen molar-refractivity contribution in [1.82, 2.24) is 0 Å². The van der Waals surface area contributed by atoms with Crippen LogP contribution in [-0.4, -0.2) is 71.8 Å². The highest BCUT2D eigenvalue weighted by atomic mass is 16.5. The number of rotatable bonds is 11. The molecule has 6 nitrogen and oxygen atoms in total. The maximum absolute atomic E-state index is 9.37. The Labute approximate surface area is 189 Å². The first-order valence-electron chi connectivity index (χ1n) is 11.1. The lowest BCUT2D eigenvalue weighted by Gasteiger charge is -2.31. The maximum Gasteiger partial charge on any atom is 0.100 e. The molecule has 4 atom stereocenters. The summed E-state index contributed by atoms with van der Waals surface area (Å²) in [5, 5.41) is 34.6. The van der Waals surface area contributed by atoms with Crippen LogP contribution in [0.4, 0.5) is 0 Å². The molecule has 0 amide bonds. The second-order valence-electron chi connectivity index (χ2n) is 7.58. The Bertz CT molecular complexity index is 560. The van der Waals surface area contributed by atoms with E-state index in [1.807, 2.05) is 33.8 Å². The van der Waals surface area contributed by atoms with Crippen molar-refractivity contribution in [2.24, 2.45) is 5.41 Å². The van der Waals surface area contributed by atoms with Gasteiger partial charge in [0.2, 0.25) is 0 Å². The lowest BCUT2D eigenvalue weighted by Crippen LogP contribution is -2.23. The summed E-state index contributed by atoms with van der Waals surface area (Å²) >= 11 is 0. The fourth-order valence-corrected chi connectivity index (χ4v) is 2.89. The van der Waals surface area contributed by atoms with Gasteiger partial charge in [0.25, 0.3) is 0 Å². The van der Waals surface area contributed by atoms with Crippen molar-refractivity contribution in [3.05, 3.63) is 47.6 Å². The third-order valence-corrected chi connectivity index (χ3v) is 4.68. The Balaban J connectivity index is 0. The van der Waals surface area contributed by atoms with Gasteiger partial charge in [0.15, 0.2) is 0 Å². The molecule has 0 radical (unpaired) electrons. The summed E-state index contributed by atoms with van der Waals surface area (Å²) in [5.74, 6) is 0. The quantitative estimate of drug-likeness (QED) is 0.365. The molecule has 0 aromatic carbocycles. The molecule has 0 spiro atoms. The first-order chi connectivity index (χ1) is 14.7. The third-order valence-electron chi connectivity index (χ3n) is 4.68. The van der Waals surface area contributed by atoms with Crippen LogP contribution in [0.25, 0.3) is 0 Å². The molecule has 6 heteroatoms. The number of hydrogen-bond donors (Lipinski definition) is 4. The van der Waals surface area contributed by atoms with Crippen LogP contribution < -0.4 is 0 Å². The van der Waals surface area contributed by atoms with Gasteiger partial charge in [-0.3, -0.25) is 0 Å². The minimum absolute atomic E-state index is 0.00937. The van der Waals surface area contributed by atoms with E-state index in [4.69, 9.17) is 19.7 Å². The molecule has 0 aliphatic heterocycles. The molecule has 31 heavy (non-hydrogen) atoms. The molecule has 0 saturated heterocycles. The summed E-state index contributed by atoms with van der Waals surface area (Å²) < 4.78 is 11.2. The van der Waals surface area contributed by atoms with Crippen LogP contribution in [0.1, 0.15) is 54.9 Å². The van der Waals surface area contributed by atoms with Crippen molar-refractivity contribution in [3.8, 4) is 0 Å². The highest BCUT2D eigenvalue weighted by molar-refractivity contribution is 5.41. The van der Waals surface area contributed by atoms with E-state index < -0.39 is 12.2 Å². The van der Waals surface area contributed by atoms with Crippen LogP contribution in [0.2, 0.25) is 0 Å². The second kappa shape index (κ2) is 18.3. The van der Waals surface area contributed by atoms with Crippen LogP contribution in [0.3, 0.4) is 0 Å². The molecular weight excluding hydrogens is 396 g/mol. The Morgan fingerprint density at radius 2 is 1.81 bits per heavy atom. The zero-order valence-electron chi connectivity index (χ0n) is 20.7. The van der Waals surface area contributed by atoms with Crippen molar-refractivity contribution in [3.63, 3.8) is 0 Å². The van der Waals surface area contributed by atoms with Gasteiger partial charge in [0.1, 0.15) is 6.10 Å². The summed E-state index contributed by atoms with van der Waals surface area (Å²) in [4.78, 5) is 0. The first-order valence-corrected chi connectivity index (χ1v) is 11.1. The van der Waals surface area contributed by atoms with E-state index in [1.165, 1.54) is 11.1 Å². The van der Waals surface area contributed by atoms with E-state index in [1.54, 1.807) is 6.92 Å². The highest BCUT2D eigenvalue weighted by Gasteiger charge is 2.26. The zero-order chi connectivity index (χ0) is 24.4. The molecule has 0 heterocycles. The van der Waals surface area contributed by atoms with E-state index in [9.17, 15) is 10.2 Å². The van der Waals surface area contributed by atoms with E-state index in [0.717, 1.165) is 13.5 Å². The van der Waals surface area contributed by atoms with Gasteiger partial charge in [-0.05, 0) is 38.3 Å². The summed E-state index contributed by atoms with van der Waals surface area (Å²) in [6.45, 7) is 14.2. The molecule has 1 rings (SSSR count). The number of aliphatic hydroxyl groups excluding tert-OH is 4. The Morgan fingerprint density at radius 3 is 2.26 bits per heavy atom. The average molecular weight is 443 g/mol. The molecule has 1 aliphatic rings. The molecule has 0 bridgehead atoms. The Kier molecular flexibility index (Phi) is 18.8. The Morgan fingerprint density at radius 1 is 1.19 bits per heavy atom. The fourth-order valence-electron chi connectivity index (χ4n) is 2.89.